The Morgan fingerprint density at radius 2 is 1.75 bits per heavy atom. The van der Waals surface area contributed by atoms with Gasteiger partial charge in [-0.15, -0.1) is 0 Å². The molecule has 2 aromatic carbocycles. The summed E-state index contributed by atoms with van der Waals surface area (Å²) in [5.41, 5.74) is 2.04. The van der Waals surface area contributed by atoms with E-state index in [0.717, 1.165) is 22.7 Å². The highest BCUT2D eigenvalue weighted by Gasteiger charge is 2.27. The summed E-state index contributed by atoms with van der Waals surface area (Å²) in [5.74, 6) is -0.442. The van der Waals surface area contributed by atoms with Gasteiger partial charge in [-0.05, 0) is 69.0 Å². The van der Waals surface area contributed by atoms with Crippen molar-refractivity contribution in [1.82, 2.24) is 10.2 Å². The summed E-state index contributed by atoms with van der Waals surface area (Å²) in [6.45, 7) is 7.76. The second-order valence-electron chi connectivity index (χ2n) is 8.96. The molecule has 10 heteroatoms. The number of rotatable bonds is 12. The zero-order valence-electron chi connectivity index (χ0n) is 21.4. The van der Waals surface area contributed by atoms with Gasteiger partial charge >= 0.3 is 0 Å². The Hall–Kier alpha value is -2.10. The average Bonchev–Trinajstić information content (AvgIpc) is 2.82. The van der Waals surface area contributed by atoms with Crippen LogP contribution in [-0.4, -0.2) is 50.0 Å². The molecule has 2 aromatic rings. The van der Waals surface area contributed by atoms with Gasteiger partial charge in [0, 0.05) is 35.0 Å². The van der Waals surface area contributed by atoms with E-state index < -0.39 is 16.1 Å². The zero-order valence-corrected chi connectivity index (χ0v) is 24.6. The minimum Gasteiger partial charge on any atom is -0.352 e. The first-order valence-corrected chi connectivity index (χ1v) is 14.9. The molecule has 0 bridgehead atoms. The van der Waals surface area contributed by atoms with Crippen molar-refractivity contribution >= 4 is 55.1 Å². The lowest BCUT2D eigenvalue weighted by molar-refractivity contribution is -0.140. The molecule has 1 N–H and O–H groups in total. The first-order valence-electron chi connectivity index (χ1n) is 11.9. The van der Waals surface area contributed by atoms with E-state index in [1.54, 1.807) is 36.9 Å². The molecule has 0 saturated carbocycles. The molecule has 2 rings (SSSR count). The average molecular weight is 601 g/mol. The molecule has 0 aliphatic heterocycles. The Kier molecular flexibility index (Phi) is 11.3. The van der Waals surface area contributed by atoms with E-state index in [4.69, 9.17) is 11.6 Å². The van der Waals surface area contributed by atoms with Crippen LogP contribution in [0.2, 0.25) is 5.02 Å². The second kappa shape index (κ2) is 13.4. The molecule has 36 heavy (non-hydrogen) atoms. The summed E-state index contributed by atoms with van der Waals surface area (Å²) < 4.78 is 27.3. The van der Waals surface area contributed by atoms with Crippen LogP contribution in [0.3, 0.4) is 0 Å². The van der Waals surface area contributed by atoms with Crippen molar-refractivity contribution in [3.8, 4) is 0 Å². The van der Waals surface area contributed by atoms with Crippen LogP contribution >= 0.6 is 27.5 Å². The molecule has 0 aliphatic carbocycles. The minimum absolute atomic E-state index is 0.00571. The molecule has 0 radical (unpaired) electrons. The molecule has 0 aliphatic rings. The first-order chi connectivity index (χ1) is 16.8. The Labute approximate surface area is 228 Å². The molecule has 0 unspecified atom stereocenters. The molecule has 198 valence electrons. The van der Waals surface area contributed by atoms with Crippen LogP contribution < -0.4 is 9.62 Å². The van der Waals surface area contributed by atoms with Gasteiger partial charge in [0.1, 0.15) is 6.04 Å². The van der Waals surface area contributed by atoms with E-state index in [1.165, 1.54) is 4.31 Å². The second-order valence-corrected chi connectivity index (χ2v) is 12.2. The largest absolute Gasteiger partial charge is 0.352 e. The number of amides is 2. The quantitative estimate of drug-likeness (QED) is 0.359. The maximum absolute atomic E-state index is 13.4. The number of nitrogens with zero attached hydrogens (tertiary/aromatic N) is 2. The predicted molar refractivity (Wildman–Crippen MR) is 150 cm³/mol. The molecule has 0 aromatic heterocycles. The Morgan fingerprint density at radius 3 is 2.33 bits per heavy atom. The smallest absolute Gasteiger partial charge is 0.242 e. The summed E-state index contributed by atoms with van der Waals surface area (Å²) in [6.07, 6.45) is 2.29. The fourth-order valence-electron chi connectivity index (χ4n) is 3.68. The van der Waals surface area contributed by atoms with Gasteiger partial charge in [0.2, 0.25) is 21.8 Å². The Balaban J connectivity index is 2.20. The monoisotopic (exact) mass is 599 g/mol. The van der Waals surface area contributed by atoms with Crippen molar-refractivity contribution in [1.29, 1.82) is 0 Å². The van der Waals surface area contributed by atoms with Crippen LogP contribution in [0.1, 0.15) is 51.2 Å². The molecule has 2 amide bonds. The van der Waals surface area contributed by atoms with Gasteiger partial charge in [0.05, 0.1) is 11.9 Å². The van der Waals surface area contributed by atoms with Gasteiger partial charge in [0.15, 0.2) is 0 Å². The van der Waals surface area contributed by atoms with E-state index in [0.29, 0.717) is 16.3 Å². The van der Waals surface area contributed by atoms with Gasteiger partial charge in [-0.25, -0.2) is 8.42 Å². The molecule has 0 spiro atoms. The van der Waals surface area contributed by atoms with Crippen LogP contribution in [0.5, 0.6) is 0 Å². The molecule has 0 fully saturated rings. The summed E-state index contributed by atoms with van der Waals surface area (Å²) >= 11 is 9.62. The highest BCUT2D eigenvalue weighted by molar-refractivity contribution is 9.10. The Morgan fingerprint density at radius 1 is 1.11 bits per heavy atom. The maximum Gasteiger partial charge on any atom is 0.242 e. The third-order valence-electron chi connectivity index (χ3n) is 6.09. The van der Waals surface area contributed by atoms with Gasteiger partial charge in [-0.3, -0.25) is 13.9 Å². The summed E-state index contributed by atoms with van der Waals surface area (Å²) in [4.78, 5) is 27.8. The van der Waals surface area contributed by atoms with Gasteiger partial charge in [0.25, 0.3) is 0 Å². The van der Waals surface area contributed by atoms with Gasteiger partial charge in [-0.2, -0.15) is 0 Å². The first kappa shape index (κ1) is 30.1. The SMILES string of the molecule is CC[C@@H](C)NC(=O)[C@@H](C)N(Cc1ccc(Br)cc1)C(=O)CCCN(c1cccc(Cl)c1C)S(C)(=O)=O. The van der Waals surface area contributed by atoms with Crippen LogP contribution in [0.15, 0.2) is 46.9 Å². The van der Waals surface area contributed by atoms with Crippen LogP contribution in [0.25, 0.3) is 0 Å². The fourth-order valence-corrected chi connectivity index (χ4v) is 5.13. The van der Waals surface area contributed by atoms with Crippen molar-refractivity contribution < 1.29 is 18.0 Å². The molecule has 2 atom stereocenters. The minimum atomic E-state index is -3.59. The van der Waals surface area contributed by atoms with Gasteiger partial charge < -0.3 is 10.2 Å². The number of hydrogen-bond donors (Lipinski definition) is 1. The molecule has 0 saturated heterocycles. The maximum atomic E-state index is 13.4. The molecular formula is C26H35BrClN3O4S. The van der Waals surface area contributed by atoms with Crippen LogP contribution in [0, 0.1) is 6.92 Å². The van der Waals surface area contributed by atoms with E-state index in [1.807, 2.05) is 38.1 Å². The number of halogens is 2. The van der Waals surface area contributed by atoms with Gasteiger partial charge in [-0.1, -0.05) is 52.7 Å². The topological polar surface area (TPSA) is 86.8 Å². The van der Waals surface area contributed by atoms with E-state index in [9.17, 15) is 18.0 Å². The van der Waals surface area contributed by atoms with Crippen LogP contribution in [-0.2, 0) is 26.2 Å². The highest BCUT2D eigenvalue weighted by atomic mass is 79.9. The number of nitrogens with one attached hydrogen (secondary N) is 1. The number of carbonyl (C=O) groups is 2. The summed E-state index contributed by atoms with van der Waals surface area (Å²) in [6, 6.07) is 12.0. The normalized spacial score (nSPS) is 13.1. The lowest BCUT2D eigenvalue weighted by Gasteiger charge is -2.30. The predicted octanol–water partition coefficient (Wildman–Crippen LogP) is 5.29. The van der Waals surface area contributed by atoms with E-state index >= 15 is 0 Å². The lowest BCUT2D eigenvalue weighted by atomic mass is 10.1. The summed E-state index contributed by atoms with van der Waals surface area (Å²) in [5, 5.41) is 3.42. The van der Waals surface area contributed by atoms with Crippen molar-refractivity contribution in [2.75, 3.05) is 17.1 Å². The number of sulfonamides is 1. The van der Waals surface area contributed by atoms with Crippen molar-refractivity contribution in [2.24, 2.45) is 0 Å². The third-order valence-corrected chi connectivity index (χ3v) is 8.21. The van der Waals surface area contributed by atoms with Crippen molar-refractivity contribution in [3.63, 3.8) is 0 Å². The standard InChI is InChI=1S/C26H35BrClN3O4S/c1-6-18(2)29-26(33)20(4)30(17-21-12-14-22(27)15-13-21)25(32)11-8-16-31(36(5,34)35)24-10-7-9-23(28)19(24)3/h7,9-10,12-15,18,20H,6,8,11,16-17H2,1-5H3,(H,29,33)/t18-,20-/m1/s1. The van der Waals surface area contributed by atoms with Crippen LogP contribution in [0.4, 0.5) is 5.69 Å². The van der Waals surface area contributed by atoms with E-state index in [-0.39, 0.29) is 43.8 Å². The Bertz CT molecular complexity index is 1160. The number of carbonyl (C=O) groups excluding carboxylic acids is 2. The zero-order chi connectivity index (χ0) is 27.0. The summed E-state index contributed by atoms with van der Waals surface area (Å²) in [7, 11) is -3.59. The number of hydrogen-bond acceptors (Lipinski definition) is 4. The number of anilines is 1. The molecular weight excluding hydrogens is 566 g/mol. The highest BCUT2D eigenvalue weighted by Crippen LogP contribution is 2.28. The van der Waals surface area contributed by atoms with Crippen molar-refractivity contribution in [2.45, 2.75) is 65.6 Å². The fraction of sp³-hybridized carbons (Fsp3) is 0.462. The third kappa shape index (κ3) is 8.49. The lowest BCUT2D eigenvalue weighted by Crippen LogP contribution is -2.49. The number of benzene rings is 2. The molecule has 0 heterocycles. The van der Waals surface area contributed by atoms with Crippen molar-refractivity contribution in [3.05, 3.63) is 63.1 Å². The van der Waals surface area contributed by atoms with E-state index in [2.05, 4.69) is 21.2 Å². The molecule has 7 nitrogen and oxygen atoms in total.